The van der Waals surface area contributed by atoms with Gasteiger partial charge in [-0.2, -0.15) is 0 Å². The number of hydrogen-bond acceptors (Lipinski definition) is 3. The SMILES string of the molecule is Cc1ccc(NC(=O)C2(CN)CCC(C)CC2)cc1O. The highest BCUT2D eigenvalue weighted by atomic mass is 16.3. The molecule has 0 radical (unpaired) electrons. The van der Waals surface area contributed by atoms with Crippen LogP contribution in [0.25, 0.3) is 0 Å². The fourth-order valence-electron chi connectivity index (χ4n) is 2.79. The normalized spacial score (nSPS) is 26.2. The van der Waals surface area contributed by atoms with Gasteiger partial charge in [0.1, 0.15) is 5.75 Å². The molecule has 0 unspecified atom stereocenters. The van der Waals surface area contributed by atoms with E-state index in [9.17, 15) is 9.90 Å². The molecule has 0 aromatic heterocycles. The Morgan fingerprint density at radius 1 is 1.45 bits per heavy atom. The minimum absolute atomic E-state index is 0.0184. The maximum atomic E-state index is 12.6. The lowest BCUT2D eigenvalue weighted by Gasteiger charge is -2.37. The molecule has 0 aliphatic heterocycles. The summed E-state index contributed by atoms with van der Waals surface area (Å²) in [7, 11) is 0. The Morgan fingerprint density at radius 2 is 2.10 bits per heavy atom. The Labute approximate surface area is 120 Å². The third-order valence-corrected chi connectivity index (χ3v) is 4.57. The smallest absolute Gasteiger partial charge is 0.231 e. The van der Waals surface area contributed by atoms with Gasteiger partial charge in [0.2, 0.25) is 5.91 Å². The van der Waals surface area contributed by atoms with E-state index in [1.165, 1.54) is 0 Å². The van der Waals surface area contributed by atoms with Crippen LogP contribution in [-0.4, -0.2) is 17.6 Å². The van der Waals surface area contributed by atoms with E-state index in [1.807, 2.05) is 13.0 Å². The average molecular weight is 276 g/mol. The molecule has 4 N–H and O–H groups in total. The van der Waals surface area contributed by atoms with E-state index in [0.29, 0.717) is 18.2 Å². The van der Waals surface area contributed by atoms with Gasteiger partial charge in [0.15, 0.2) is 0 Å². The Hall–Kier alpha value is -1.55. The molecule has 110 valence electrons. The van der Waals surface area contributed by atoms with E-state index in [4.69, 9.17) is 5.73 Å². The van der Waals surface area contributed by atoms with Crippen LogP contribution in [-0.2, 0) is 4.79 Å². The lowest BCUT2D eigenvalue weighted by molar-refractivity contribution is -0.127. The highest BCUT2D eigenvalue weighted by molar-refractivity contribution is 5.95. The van der Waals surface area contributed by atoms with Crippen molar-refractivity contribution in [3.8, 4) is 5.75 Å². The molecule has 1 aliphatic rings. The van der Waals surface area contributed by atoms with Crippen LogP contribution in [0.5, 0.6) is 5.75 Å². The van der Waals surface area contributed by atoms with Crippen molar-refractivity contribution >= 4 is 11.6 Å². The van der Waals surface area contributed by atoms with Gasteiger partial charge in [0.05, 0.1) is 5.41 Å². The Balaban J connectivity index is 2.11. The molecule has 1 fully saturated rings. The number of phenolic OH excluding ortho intramolecular Hbond substituents is 1. The number of nitrogens with two attached hydrogens (primary N) is 1. The van der Waals surface area contributed by atoms with Gasteiger partial charge in [-0.15, -0.1) is 0 Å². The lowest BCUT2D eigenvalue weighted by atomic mass is 9.70. The highest BCUT2D eigenvalue weighted by Crippen LogP contribution is 2.39. The molecule has 1 amide bonds. The van der Waals surface area contributed by atoms with E-state index < -0.39 is 5.41 Å². The van der Waals surface area contributed by atoms with Crippen molar-refractivity contribution in [1.82, 2.24) is 0 Å². The lowest BCUT2D eigenvalue weighted by Crippen LogP contribution is -2.44. The van der Waals surface area contributed by atoms with E-state index in [-0.39, 0.29) is 11.7 Å². The number of carbonyl (C=O) groups excluding carboxylic acids is 1. The van der Waals surface area contributed by atoms with Crippen LogP contribution < -0.4 is 11.1 Å². The van der Waals surface area contributed by atoms with Gasteiger partial charge in [-0.05, 0) is 50.2 Å². The molecule has 2 rings (SSSR count). The standard InChI is InChI=1S/C16H24N2O2/c1-11-5-7-16(10-17,8-6-11)15(20)18-13-4-3-12(2)14(19)9-13/h3-4,9,11,19H,5-8,10,17H2,1-2H3,(H,18,20). The summed E-state index contributed by atoms with van der Waals surface area (Å²) in [6.45, 7) is 4.42. The van der Waals surface area contributed by atoms with Crippen molar-refractivity contribution in [1.29, 1.82) is 0 Å². The van der Waals surface area contributed by atoms with Crippen molar-refractivity contribution < 1.29 is 9.90 Å². The zero-order chi connectivity index (χ0) is 14.8. The van der Waals surface area contributed by atoms with Gasteiger partial charge >= 0.3 is 0 Å². The fraction of sp³-hybridized carbons (Fsp3) is 0.562. The number of phenols is 1. The van der Waals surface area contributed by atoms with Gasteiger partial charge in [-0.1, -0.05) is 13.0 Å². The van der Waals surface area contributed by atoms with Gasteiger partial charge < -0.3 is 16.2 Å². The first-order valence-corrected chi connectivity index (χ1v) is 7.28. The van der Waals surface area contributed by atoms with Gasteiger partial charge in [0, 0.05) is 18.3 Å². The largest absolute Gasteiger partial charge is 0.508 e. The zero-order valence-corrected chi connectivity index (χ0v) is 12.3. The fourth-order valence-corrected chi connectivity index (χ4v) is 2.79. The summed E-state index contributed by atoms with van der Waals surface area (Å²) >= 11 is 0. The molecular weight excluding hydrogens is 252 g/mol. The summed E-state index contributed by atoms with van der Waals surface area (Å²) in [5.74, 6) is 0.850. The van der Waals surface area contributed by atoms with E-state index >= 15 is 0 Å². The summed E-state index contributed by atoms with van der Waals surface area (Å²) in [5, 5.41) is 12.6. The first-order valence-electron chi connectivity index (χ1n) is 7.28. The van der Waals surface area contributed by atoms with Crippen molar-refractivity contribution in [2.45, 2.75) is 39.5 Å². The van der Waals surface area contributed by atoms with Crippen LogP contribution in [0.4, 0.5) is 5.69 Å². The van der Waals surface area contributed by atoms with E-state index in [1.54, 1.807) is 12.1 Å². The number of aryl methyl sites for hydroxylation is 1. The monoisotopic (exact) mass is 276 g/mol. The van der Waals surface area contributed by atoms with Crippen LogP contribution in [0.15, 0.2) is 18.2 Å². The molecule has 1 aromatic rings. The van der Waals surface area contributed by atoms with Gasteiger partial charge in [0.25, 0.3) is 0 Å². The predicted octanol–water partition coefficient (Wildman–Crippen LogP) is 2.79. The number of hydrogen-bond donors (Lipinski definition) is 3. The topological polar surface area (TPSA) is 75.4 Å². The number of nitrogens with one attached hydrogen (secondary N) is 1. The molecular formula is C16H24N2O2. The summed E-state index contributed by atoms with van der Waals surface area (Å²) in [4.78, 5) is 12.6. The summed E-state index contributed by atoms with van der Waals surface area (Å²) in [6, 6.07) is 5.19. The quantitative estimate of drug-likeness (QED) is 0.794. The van der Waals surface area contributed by atoms with Crippen molar-refractivity contribution in [2.75, 3.05) is 11.9 Å². The first kappa shape index (κ1) is 14.9. The first-order chi connectivity index (χ1) is 9.47. The number of aromatic hydroxyl groups is 1. The Kier molecular flexibility index (Phi) is 4.33. The maximum Gasteiger partial charge on any atom is 0.231 e. The molecule has 0 bridgehead atoms. The average Bonchev–Trinajstić information content (AvgIpc) is 2.44. The minimum Gasteiger partial charge on any atom is -0.508 e. The van der Waals surface area contributed by atoms with Crippen LogP contribution in [0.1, 0.15) is 38.2 Å². The highest BCUT2D eigenvalue weighted by Gasteiger charge is 2.39. The van der Waals surface area contributed by atoms with Gasteiger partial charge in [-0.25, -0.2) is 0 Å². The number of carbonyl (C=O) groups is 1. The Morgan fingerprint density at radius 3 is 2.65 bits per heavy atom. The Bertz CT molecular complexity index is 491. The molecule has 0 spiro atoms. The minimum atomic E-state index is -0.451. The molecule has 1 saturated carbocycles. The molecule has 4 heteroatoms. The van der Waals surface area contributed by atoms with Crippen LogP contribution >= 0.6 is 0 Å². The number of benzene rings is 1. The van der Waals surface area contributed by atoms with Crippen molar-refractivity contribution in [2.24, 2.45) is 17.1 Å². The molecule has 1 aromatic carbocycles. The molecule has 4 nitrogen and oxygen atoms in total. The van der Waals surface area contributed by atoms with E-state index in [0.717, 1.165) is 31.2 Å². The molecule has 0 atom stereocenters. The second-order valence-electron chi connectivity index (χ2n) is 6.12. The molecule has 0 heterocycles. The van der Waals surface area contributed by atoms with Crippen LogP contribution in [0.2, 0.25) is 0 Å². The van der Waals surface area contributed by atoms with Crippen LogP contribution in [0.3, 0.4) is 0 Å². The van der Waals surface area contributed by atoms with E-state index in [2.05, 4.69) is 12.2 Å². The maximum absolute atomic E-state index is 12.6. The number of amides is 1. The summed E-state index contributed by atoms with van der Waals surface area (Å²) in [5.41, 5.74) is 6.85. The predicted molar refractivity (Wildman–Crippen MR) is 80.6 cm³/mol. The van der Waals surface area contributed by atoms with Crippen LogP contribution in [0, 0.1) is 18.3 Å². The third kappa shape index (κ3) is 2.96. The van der Waals surface area contributed by atoms with Crippen molar-refractivity contribution in [3.63, 3.8) is 0 Å². The number of anilines is 1. The number of rotatable bonds is 3. The molecule has 0 saturated heterocycles. The zero-order valence-electron chi connectivity index (χ0n) is 12.3. The summed E-state index contributed by atoms with van der Waals surface area (Å²) < 4.78 is 0. The molecule has 20 heavy (non-hydrogen) atoms. The molecule has 1 aliphatic carbocycles. The van der Waals surface area contributed by atoms with Gasteiger partial charge in [-0.3, -0.25) is 4.79 Å². The van der Waals surface area contributed by atoms with Crippen molar-refractivity contribution in [3.05, 3.63) is 23.8 Å². The third-order valence-electron chi connectivity index (χ3n) is 4.57. The second kappa shape index (κ2) is 5.83. The second-order valence-corrected chi connectivity index (χ2v) is 6.12. The summed E-state index contributed by atoms with van der Waals surface area (Å²) in [6.07, 6.45) is 3.77.